The maximum Gasteiger partial charge on any atom is 0.136 e. The van der Waals surface area contributed by atoms with Crippen molar-refractivity contribution in [3.05, 3.63) is 40.7 Å². The van der Waals surface area contributed by atoms with Crippen LogP contribution in [-0.2, 0) is 0 Å². The van der Waals surface area contributed by atoms with E-state index >= 15 is 0 Å². The van der Waals surface area contributed by atoms with Crippen LogP contribution in [0.15, 0.2) is 18.2 Å². The van der Waals surface area contributed by atoms with Gasteiger partial charge in [-0.25, -0.2) is 9.97 Å². The maximum atomic E-state index is 4.63. The third kappa shape index (κ3) is 4.47. The minimum atomic E-state index is 0.798. The van der Waals surface area contributed by atoms with Gasteiger partial charge >= 0.3 is 0 Å². The second-order valence-corrected chi connectivity index (χ2v) is 6.47. The van der Waals surface area contributed by atoms with Crippen LogP contribution in [0.2, 0.25) is 0 Å². The zero-order valence-corrected chi connectivity index (χ0v) is 15.9. The zero-order chi connectivity index (χ0) is 17.7. The highest BCUT2D eigenvalue weighted by molar-refractivity contribution is 5.64. The van der Waals surface area contributed by atoms with Crippen LogP contribution < -0.4 is 10.2 Å². The monoisotopic (exact) mass is 326 g/mol. The van der Waals surface area contributed by atoms with Crippen molar-refractivity contribution in [3.63, 3.8) is 0 Å². The third-order valence-electron chi connectivity index (χ3n) is 4.42. The van der Waals surface area contributed by atoms with Crippen molar-refractivity contribution in [2.45, 2.75) is 54.4 Å². The first-order valence-corrected chi connectivity index (χ1v) is 8.90. The van der Waals surface area contributed by atoms with Crippen LogP contribution in [0.25, 0.3) is 0 Å². The van der Waals surface area contributed by atoms with Crippen LogP contribution in [0.4, 0.5) is 17.3 Å². The maximum absolute atomic E-state index is 4.63. The fourth-order valence-electron chi connectivity index (χ4n) is 2.79. The molecule has 0 spiro atoms. The van der Waals surface area contributed by atoms with E-state index in [1.165, 1.54) is 29.5 Å². The highest BCUT2D eigenvalue weighted by atomic mass is 15.2. The predicted octanol–water partition coefficient (Wildman–Crippen LogP) is 5.08. The van der Waals surface area contributed by atoms with Gasteiger partial charge in [0.05, 0.1) is 0 Å². The molecule has 130 valence electrons. The Morgan fingerprint density at radius 3 is 2.29 bits per heavy atom. The number of unbranched alkanes of at least 4 members (excludes halogenated alkanes) is 1. The van der Waals surface area contributed by atoms with E-state index in [1.54, 1.807) is 0 Å². The Hall–Kier alpha value is -2.10. The molecule has 0 bridgehead atoms. The Bertz CT molecular complexity index is 694. The number of hydrogen-bond acceptors (Lipinski definition) is 4. The highest BCUT2D eigenvalue weighted by Gasteiger charge is 2.10. The van der Waals surface area contributed by atoms with E-state index < -0.39 is 0 Å². The highest BCUT2D eigenvalue weighted by Crippen LogP contribution is 2.25. The van der Waals surface area contributed by atoms with Crippen LogP contribution >= 0.6 is 0 Å². The molecule has 4 heteroatoms. The summed E-state index contributed by atoms with van der Waals surface area (Å²) in [5, 5.41) is 3.48. The first-order chi connectivity index (χ1) is 11.4. The summed E-state index contributed by atoms with van der Waals surface area (Å²) >= 11 is 0. The molecule has 0 unspecified atom stereocenters. The predicted molar refractivity (Wildman–Crippen MR) is 103 cm³/mol. The second-order valence-electron chi connectivity index (χ2n) is 6.47. The lowest BCUT2D eigenvalue weighted by molar-refractivity contribution is 0.721. The Labute approximate surface area is 146 Å². The first-order valence-electron chi connectivity index (χ1n) is 8.90. The number of anilines is 3. The molecular formula is C20H30N4. The average molecular weight is 326 g/mol. The van der Waals surface area contributed by atoms with Crippen LogP contribution in [0, 0.1) is 27.7 Å². The largest absolute Gasteiger partial charge is 0.357 e. The average Bonchev–Trinajstić information content (AvgIpc) is 2.53. The van der Waals surface area contributed by atoms with E-state index in [2.05, 4.69) is 73.0 Å². The van der Waals surface area contributed by atoms with E-state index in [0.29, 0.717) is 0 Å². The summed E-state index contributed by atoms with van der Waals surface area (Å²) in [6.07, 6.45) is 2.36. The minimum Gasteiger partial charge on any atom is -0.357 e. The molecule has 1 aromatic heterocycles. The molecule has 1 N–H and O–H groups in total. The van der Waals surface area contributed by atoms with E-state index in [9.17, 15) is 0 Å². The molecule has 0 fully saturated rings. The van der Waals surface area contributed by atoms with Gasteiger partial charge in [0.15, 0.2) is 0 Å². The van der Waals surface area contributed by atoms with Crippen molar-refractivity contribution >= 4 is 17.3 Å². The zero-order valence-electron chi connectivity index (χ0n) is 15.9. The molecular weight excluding hydrogens is 296 g/mol. The van der Waals surface area contributed by atoms with Gasteiger partial charge in [0.25, 0.3) is 0 Å². The van der Waals surface area contributed by atoms with Gasteiger partial charge in [0.2, 0.25) is 0 Å². The quantitative estimate of drug-likeness (QED) is 0.770. The fraction of sp³-hybridized carbons (Fsp3) is 0.500. The molecule has 0 saturated carbocycles. The molecule has 2 rings (SSSR count). The van der Waals surface area contributed by atoms with Gasteiger partial charge in [-0.05, 0) is 63.8 Å². The summed E-state index contributed by atoms with van der Waals surface area (Å²) in [6.45, 7) is 14.7. The molecule has 0 aliphatic rings. The van der Waals surface area contributed by atoms with Crippen molar-refractivity contribution in [2.24, 2.45) is 0 Å². The van der Waals surface area contributed by atoms with Crippen LogP contribution in [0.1, 0.15) is 49.2 Å². The lowest BCUT2D eigenvalue weighted by atomic mass is 10.1. The van der Waals surface area contributed by atoms with Gasteiger partial charge in [0.1, 0.15) is 17.5 Å². The van der Waals surface area contributed by atoms with E-state index in [0.717, 1.165) is 36.2 Å². The van der Waals surface area contributed by atoms with Crippen molar-refractivity contribution in [1.29, 1.82) is 0 Å². The van der Waals surface area contributed by atoms with Gasteiger partial charge < -0.3 is 10.2 Å². The molecule has 0 amide bonds. The standard InChI is InChI=1S/C20H30N4/c1-7-9-10-24(8-2)20-13-19(21-17(6)22-20)23-18-12-15(4)14(3)11-16(18)5/h11-13H,7-10H2,1-6H3,(H,21,22,23). The SMILES string of the molecule is CCCCN(CC)c1cc(Nc2cc(C)c(C)cc2C)nc(C)n1. The normalized spacial score (nSPS) is 10.8. The number of nitrogens with zero attached hydrogens (tertiary/aromatic N) is 3. The smallest absolute Gasteiger partial charge is 0.136 e. The Balaban J connectivity index is 2.30. The van der Waals surface area contributed by atoms with Gasteiger partial charge in [-0.3, -0.25) is 0 Å². The number of hydrogen-bond donors (Lipinski definition) is 1. The van der Waals surface area contributed by atoms with Crippen molar-refractivity contribution < 1.29 is 0 Å². The molecule has 0 radical (unpaired) electrons. The minimum absolute atomic E-state index is 0.798. The number of rotatable bonds is 7. The lowest BCUT2D eigenvalue weighted by Crippen LogP contribution is -2.25. The van der Waals surface area contributed by atoms with E-state index in [4.69, 9.17) is 0 Å². The van der Waals surface area contributed by atoms with Crippen LogP contribution in [-0.4, -0.2) is 23.1 Å². The van der Waals surface area contributed by atoms with Crippen molar-refractivity contribution in [1.82, 2.24) is 9.97 Å². The molecule has 0 aliphatic heterocycles. The topological polar surface area (TPSA) is 41.0 Å². The van der Waals surface area contributed by atoms with E-state index in [-0.39, 0.29) is 0 Å². The van der Waals surface area contributed by atoms with Gasteiger partial charge in [-0.15, -0.1) is 0 Å². The Morgan fingerprint density at radius 1 is 0.917 bits per heavy atom. The fourth-order valence-corrected chi connectivity index (χ4v) is 2.79. The number of benzene rings is 1. The summed E-state index contributed by atoms with van der Waals surface area (Å²) in [4.78, 5) is 11.5. The summed E-state index contributed by atoms with van der Waals surface area (Å²) in [6, 6.07) is 6.46. The molecule has 4 nitrogen and oxygen atoms in total. The van der Waals surface area contributed by atoms with Crippen LogP contribution in [0.5, 0.6) is 0 Å². The second kappa shape index (κ2) is 8.13. The summed E-state index contributed by atoms with van der Waals surface area (Å²) in [5.41, 5.74) is 4.94. The summed E-state index contributed by atoms with van der Waals surface area (Å²) < 4.78 is 0. The Morgan fingerprint density at radius 2 is 1.62 bits per heavy atom. The number of aromatic nitrogens is 2. The Kier molecular flexibility index (Phi) is 6.18. The molecule has 0 atom stereocenters. The van der Waals surface area contributed by atoms with Crippen molar-refractivity contribution in [3.8, 4) is 0 Å². The molecule has 0 saturated heterocycles. The third-order valence-corrected chi connectivity index (χ3v) is 4.42. The summed E-state index contributed by atoms with van der Waals surface area (Å²) in [5.74, 6) is 2.66. The molecule has 1 heterocycles. The molecule has 2 aromatic rings. The first kappa shape index (κ1) is 18.2. The molecule has 0 aliphatic carbocycles. The van der Waals surface area contributed by atoms with Gasteiger partial charge in [-0.1, -0.05) is 19.4 Å². The summed E-state index contributed by atoms with van der Waals surface area (Å²) in [7, 11) is 0. The number of aryl methyl sites for hydroxylation is 4. The van der Waals surface area contributed by atoms with Crippen LogP contribution in [0.3, 0.4) is 0 Å². The van der Waals surface area contributed by atoms with E-state index in [1.807, 2.05) is 6.92 Å². The van der Waals surface area contributed by atoms with Gasteiger partial charge in [-0.2, -0.15) is 0 Å². The van der Waals surface area contributed by atoms with Crippen molar-refractivity contribution in [2.75, 3.05) is 23.3 Å². The lowest BCUT2D eigenvalue weighted by Gasteiger charge is -2.22. The molecule has 1 aromatic carbocycles. The van der Waals surface area contributed by atoms with Gasteiger partial charge in [0, 0.05) is 24.8 Å². The molecule has 24 heavy (non-hydrogen) atoms. The number of nitrogens with one attached hydrogen (secondary N) is 1.